The molecule has 0 saturated carbocycles. The van der Waals surface area contributed by atoms with E-state index in [0.717, 1.165) is 25.2 Å². The lowest BCUT2D eigenvalue weighted by Gasteiger charge is -2.34. The highest BCUT2D eigenvalue weighted by Gasteiger charge is 2.26. The second-order valence-electron chi connectivity index (χ2n) is 4.97. The molecule has 104 valence electrons. The first-order valence-corrected chi connectivity index (χ1v) is 7.26. The second kappa shape index (κ2) is 6.01. The molecule has 0 spiro atoms. The van der Waals surface area contributed by atoms with Gasteiger partial charge in [0.05, 0.1) is 12.1 Å². The van der Waals surface area contributed by atoms with Crippen LogP contribution in [-0.4, -0.2) is 40.8 Å². The first-order valence-electron chi connectivity index (χ1n) is 6.32. The fourth-order valence-corrected chi connectivity index (χ4v) is 3.85. The summed E-state index contributed by atoms with van der Waals surface area (Å²) in [5.74, 6) is -2.04. The van der Waals surface area contributed by atoms with Crippen molar-refractivity contribution in [2.75, 3.05) is 19.6 Å². The maximum absolute atomic E-state index is 13.5. The highest BCUT2D eigenvalue weighted by Crippen LogP contribution is 2.25. The fourth-order valence-electron chi connectivity index (χ4n) is 2.46. The Balaban J connectivity index is 2.09. The summed E-state index contributed by atoms with van der Waals surface area (Å²) in [5, 5.41) is 0.865. The van der Waals surface area contributed by atoms with Crippen LogP contribution in [0.4, 0.5) is 8.78 Å². The molecule has 0 aromatic heterocycles. The third-order valence-electron chi connectivity index (χ3n) is 3.10. The maximum atomic E-state index is 13.5. The van der Waals surface area contributed by atoms with E-state index < -0.39 is 23.0 Å². The second-order valence-corrected chi connectivity index (χ2v) is 6.85. The average Bonchev–Trinajstić information content (AvgIpc) is 2.26. The normalized spacial score (nSPS) is 24.4. The van der Waals surface area contributed by atoms with Crippen molar-refractivity contribution in [1.82, 2.24) is 4.90 Å². The van der Waals surface area contributed by atoms with Gasteiger partial charge >= 0.3 is 0 Å². The van der Waals surface area contributed by atoms with Gasteiger partial charge in [-0.15, -0.1) is 0 Å². The van der Waals surface area contributed by atoms with Crippen molar-refractivity contribution in [2.45, 2.75) is 24.3 Å². The van der Waals surface area contributed by atoms with E-state index in [-0.39, 0.29) is 6.54 Å². The number of benzene rings is 1. The Morgan fingerprint density at radius 3 is 2.32 bits per heavy atom. The van der Waals surface area contributed by atoms with Gasteiger partial charge in [0.2, 0.25) is 0 Å². The van der Waals surface area contributed by atoms with Gasteiger partial charge in [-0.05, 0) is 12.1 Å². The van der Waals surface area contributed by atoms with Gasteiger partial charge in [-0.2, -0.15) is 11.8 Å². The predicted molar refractivity (Wildman–Crippen MR) is 73.6 cm³/mol. The molecule has 0 N–H and O–H groups in total. The molecule has 0 aliphatic carbocycles. The van der Waals surface area contributed by atoms with E-state index >= 15 is 0 Å². The van der Waals surface area contributed by atoms with Gasteiger partial charge in [-0.25, -0.2) is 8.78 Å². The number of carbonyl (C=O) groups is 1. The molecule has 1 fully saturated rings. The van der Waals surface area contributed by atoms with Crippen LogP contribution < -0.4 is 0 Å². The lowest BCUT2D eigenvalue weighted by atomic mass is 10.1. The summed E-state index contributed by atoms with van der Waals surface area (Å²) in [6, 6.07) is 3.50. The molecule has 2 unspecified atom stereocenters. The van der Waals surface area contributed by atoms with Crippen LogP contribution in [0.2, 0.25) is 0 Å². The minimum Gasteiger partial charge on any atom is -0.294 e. The Kier molecular flexibility index (Phi) is 4.58. The first-order chi connectivity index (χ1) is 8.97. The summed E-state index contributed by atoms with van der Waals surface area (Å²) < 4.78 is 27.0. The van der Waals surface area contributed by atoms with Crippen LogP contribution in [0.3, 0.4) is 0 Å². The molecule has 2 atom stereocenters. The molecular weight excluding hydrogens is 268 g/mol. The van der Waals surface area contributed by atoms with Crippen molar-refractivity contribution in [1.29, 1.82) is 0 Å². The Morgan fingerprint density at radius 2 is 1.79 bits per heavy atom. The monoisotopic (exact) mass is 285 g/mol. The zero-order chi connectivity index (χ0) is 14.0. The fraction of sp³-hybridized carbons (Fsp3) is 0.500. The van der Waals surface area contributed by atoms with Crippen LogP contribution in [0.1, 0.15) is 24.2 Å². The quantitative estimate of drug-likeness (QED) is 0.796. The Morgan fingerprint density at radius 1 is 1.26 bits per heavy atom. The van der Waals surface area contributed by atoms with Crippen molar-refractivity contribution < 1.29 is 13.6 Å². The standard InChI is InChI=1S/C14H17F2NOS/c1-9-6-17(7-10(2)19-9)8-13(18)14-11(15)4-3-5-12(14)16/h3-5,9-10H,6-8H2,1-2H3. The highest BCUT2D eigenvalue weighted by atomic mass is 32.2. The van der Waals surface area contributed by atoms with Crippen LogP contribution in [0, 0.1) is 11.6 Å². The number of hydrogen-bond donors (Lipinski definition) is 0. The summed E-state index contributed by atoms with van der Waals surface area (Å²) in [5.41, 5.74) is -0.416. The molecule has 5 heteroatoms. The van der Waals surface area contributed by atoms with Gasteiger partial charge in [0.1, 0.15) is 11.6 Å². The van der Waals surface area contributed by atoms with Gasteiger partial charge in [-0.1, -0.05) is 19.9 Å². The molecule has 1 saturated heterocycles. The Hall–Kier alpha value is -0.940. The van der Waals surface area contributed by atoms with Gasteiger partial charge < -0.3 is 0 Å². The molecule has 0 radical (unpaired) electrons. The molecule has 1 aromatic rings. The van der Waals surface area contributed by atoms with E-state index in [2.05, 4.69) is 13.8 Å². The zero-order valence-corrected chi connectivity index (χ0v) is 11.8. The van der Waals surface area contributed by atoms with E-state index in [1.165, 1.54) is 6.07 Å². The van der Waals surface area contributed by atoms with Crippen LogP contribution in [0.25, 0.3) is 0 Å². The molecule has 0 amide bonds. The van der Waals surface area contributed by atoms with Crippen molar-refractivity contribution in [3.63, 3.8) is 0 Å². The van der Waals surface area contributed by atoms with Gasteiger partial charge in [-0.3, -0.25) is 9.69 Å². The number of thioether (sulfide) groups is 1. The van der Waals surface area contributed by atoms with Gasteiger partial charge in [0.25, 0.3) is 0 Å². The number of Topliss-reactive ketones (excluding diaryl/α,β-unsaturated/α-hetero) is 1. The first kappa shape index (κ1) is 14.5. The average molecular weight is 285 g/mol. The maximum Gasteiger partial charge on any atom is 0.182 e. The number of hydrogen-bond acceptors (Lipinski definition) is 3. The highest BCUT2D eigenvalue weighted by molar-refractivity contribution is 8.00. The van der Waals surface area contributed by atoms with Crippen molar-refractivity contribution in [2.24, 2.45) is 0 Å². The summed E-state index contributed by atoms with van der Waals surface area (Å²) in [6.07, 6.45) is 0. The molecule has 19 heavy (non-hydrogen) atoms. The van der Waals surface area contributed by atoms with Gasteiger partial charge in [0.15, 0.2) is 5.78 Å². The lowest BCUT2D eigenvalue weighted by molar-refractivity contribution is 0.0921. The topological polar surface area (TPSA) is 20.3 Å². The van der Waals surface area contributed by atoms with E-state index in [9.17, 15) is 13.6 Å². The molecule has 2 rings (SSSR count). The van der Waals surface area contributed by atoms with Crippen molar-refractivity contribution in [3.8, 4) is 0 Å². The van der Waals surface area contributed by atoms with Crippen LogP contribution in [0.15, 0.2) is 18.2 Å². The molecule has 2 nitrogen and oxygen atoms in total. The van der Waals surface area contributed by atoms with Gasteiger partial charge in [0, 0.05) is 23.6 Å². The van der Waals surface area contributed by atoms with E-state index in [1.54, 1.807) is 0 Å². The minimum absolute atomic E-state index is 0.0765. The van der Waals surface area contributed by atoms with Crippen molar-refractivity contribution >= 4 is 17.5 Å². The minimum atomic E-state index is -0.780. The van der Waals surface area contributed by atoms with Crippen molar-refractivity contribution in [3.05, 3.63) is 35.4 Å². The number of rotatable bonds is 3. The van der Waals surface area contributed by atoms with E-state index in [4.69, 9.17) is 0 Å². The Labute approximate surface area is 116 Å². The number of halogens is 2. The number of carbonyl (C=O) groups excluding carboxylic acids is 1. The molecule has 1 aliphatic rings. The summed E-state index contributed by atoms with van der Waals surface area (Å²) in [7, 11) is 0. The molecular formula is C14H17F2NOS. The zero-order valence-electron chi connectivity index (χ0n) is 11.0. The smallest absolute Gasteiger partial charge is 0.182 e. The van der Waals surface area contributed by atoms with E-state index in [1.807, 2.05) is 16.7 Å². The molecule has 0 bridgehead atoms. The predicted octanol–water partition coefficient (Wildman–Crippen LogP) is 2.97. The number of nitrogens with zero attached hydrogens (tertiary/aromatic N) is 1. The molecule has 1 aromatic carbocycles. The lowest BCUT2D eigenvalue weighted by Crippen LogP contribution is -2.43. The van der Waals surface area contributed by atoms with Crippen LogP contribution in [-0.2, 0) is 0 Å². The largest absolute Gasteiger partial charge is 0.294 e. The Bertz CT molecular complexity index is 450. The van der Waals surface area contributed by atoms with E-state index in [0.29, 0.717) is 10.5 Å². The third-order valence-corrected chi connectivity index (χ3v) is 4.33. The summed E-state index contributed by atoms with van der Waals surface area (Å²) in [6.45, 7) is 5.82. The molecule has 1 heterocycles. The molecule has 1 aliphatic heterocycles. The summed E-state index contributed by atoms with van der Waals surface area (Å²) in [4.78, 5) is 14.0. The van der Waals surface area contributed by atoms with Crippen LogP contribution in [0.5, 0.6) is 0 Å². The van der Waals surface area contributed by atoms with Crippen LogP contribution >= 0.6 is 11.8 Å². The summed E-state index contributed by atoms with van der Waals surface area (Å²) >= 11 is 1.87. The third kappa shape index (κ3) is 3.54. The SMILES string of the molecule is CC1CN(CC(=O)c2c(F)cccc2F)CC(C)S1. The number of ketones is 1.